The molecule has 2 aromatic rings. The van der Waals surface area contributed by atoms with Crippen molar-refractivity contribution in [2.24, 2.45) is 0 Å². The molecule has 2 N–H and O–H groups in total. The molecule has 82 valence electrons. The van der Waals surface area contributed by atoms with Crippen molar-refractivity contribution in [3.63, 3.8) is 0 Å². The van der Waals surface area contributed by atoms with Crippen molar-refractivity contribution in [3.05, 3.63) is 48.2 Å². The molecule has 0 unspecified atom stereocenters. The first kappa shape index (κ1) is 10.5. The van der Waals surface area contributed by atoms with E-state index < -0.39 is 0 Å². The first-order chi connectivity index (χ1) is 7.79. The van der Waals surface area contributed by atoms with E-state index in [1.54, 1.807) is 6.20 Å². The van der Waals surface area contributed by atoms with E-state index in [0.29, 0.717) is 0 Å². The number of anilines is 3. The molecule has 0 aliphatic rings. The molecule has 1 aromatic heterocycles. The van der Waals surface area contributed by atoms with E-state index >= 15 is 0 Å². The Balaban J connectivity index is 2.26. The highest BCUT2D eigenvalue weighted by Crippen LogP contribution is 2.22. The Morgan fingerprint density at radius 1 is 1.12 bits per heavy atom. The normalized spacial score (nSPS) is 9.88. The van der Waals surface area contributed by atoms with Gasteiger partial charge < -0.3 is 10.6 Å². The van der Waals surface area contributed by atoms with Crippen LogP contribution in [0.4, 0.5) is 17.2 Å². The Hall–Kier alpha value is -2.03. The number of hydrogen-bond acceptors (Lipinski definition) is 3. The lowest BCUT2D eigenvalue weighted by molar-refractivity contribution is 1.29. The minimum absolute atomic E-state index is 0.843. The van der Waals surface area contributed by atoms with Crippen LogP contribution in [0.1, 0.15) is 5.56 Å². The predicted octanol–water partition coefficient (Wildman–Crippen LogP) is 3.18. The maximum atomic E-state index is 4.30. The van der Waals surface area contributed by atoms with Gasteiger partial charge in [-0.2, -0.15) is 0 Å². The molecule has 3 nitrogen and oxygen atoms in total. The van der Waals surface area contributed by atoms with Crippen LogP contribution in [0, 0.1) is 6.92 Å². The minimum atomic E-state index is 0.843. The summed E-state index contributed by atoms with van der Waals surface area (Å²) in [7, 11) is 1.89. The summed E-state index contributed by atoms with van der Waals surface area (Å²) in [6, 6.07) is 12.1. The molecule has 0 aliphatic carbocycles. The third kappa shape index (κ3) is 2.31. The molecule has 0 saturated heterocycles. The van der Waals surface area contributed by atoms with Crippen molar-refractivity contribution < 1.29 is 0 Å². The summed E-state index contributed by atoms with van der Waals surface area (Å²) in [6.45, 7) is 2.07. The van der Waals surface area contributed by atoms with Crippen LogP contribution in [0.25, 0.3) is 0 Å². The van der Waals surface area contributed by atoms with Crippen LogP contribution >= 0.6 is 0 Å². The molecule has 0 fully saturated rings. The third-order valence-electron chi connectivity index (χ3n) is 2.36. The van der Waals surface area contributed by atoms with Gasteiger partial charge in [0.05, 0.1) is 5.69 Å². The number of rotatable bonds is 3. The Kier molecular flexibility index (Phi) is 3.05. The molecule has 2 rings (SSSR count). The van der Waals surface area contributed by atoms with E-state index in [9.17, 15) is 0 Å². The van der Waals surface area contributed by atoms with E-state index in [1.807, 2.05) is 31.3 Å². The van der Waals surface area contributed by atoms with Gasteiger partial charge in [-0.1, -0.05) is 12.1 Å². The van der Waals surface area contributed by atoms with Gasteiger partial charge in [-0.25, -0.2) is 4.98 Å². The maximum absolute atomic E-state index is 4.30. The van der Waals surface area contributed by atoms with Crippen LogP contribution in [0.2, 0.25) is 0 Å². The molecule has 0 bridgehead atoms. The van der Waals surface area contributed by atoms with Crippen molar-refractivity contribution in [2.45, 2.75) is 6.92 Å². The summed E-state index contributed by atoms with van der Waals surface area (Å²) in [4.78, 5) is 4.30. The largest absolute Gasteiger partial charge is 0.385 e. The zero-order valence-corrected chi connectivity index (χ0v) is 9.49. The SMILES string of the molecule is CNc1cccnc1Nc1cccc(C)c1. The topological polar surface area (TPSA) is 37.0 Å². The molecular weight excluding hydrogens is 198 g/mol. The second-order valence-electron chi connectivity index (χ2n) is 3.64. The molecular formula is C13H15N3. The molecule has 0 atom stereocenters. The molecule has 1 aromatic carbocycles. The van der Waals surface area contributed by atoms with Gasteiger partial charge in [-0.05, 0) is 36.8 Å². The zero-order chi connectivity index (χ0) is 11.4. The molecule has 0 amide bonds. The summed E-state index contributed by atoms with van der Waals surface area (Å²) in [5.41, 5.74) is 3.27. The van der Waals surface area contributed by atoms with Crippen molar-refractivity contribution in [1.29, 1.82) is 0 Å². The van der Waals surface area contributed by atoms with Crippen molar-refractivity contribution in [1.82, 2.24) is 4.98 Å². The molecule has 0 radical (unpaired) electrons. The monoisotopic (exact) mass is 213 g/mol. The van der Waals surface area contributed by atoms with E-state index in [4.69, 9.17) is 0 Å². The summed E-state index contributed by atoms with van der Waals surface area (Å²) in [6.07, 6.45) is 1.78. The van der Waals surface area contributed by atoms with Crippen molar-refractivity contribution in [3.8, 4) is 0 Å². The van der Waals surface area contributed by atoms with Gasteiger partial charge in [0, 0.05) is 18.9 Å². The number of aryl methyl sites for hydroxylation is 1. The number of nitrogens with zero attached hydrogens (tertiary/aromatic N) is 1. The first-order valence-corrected chi connectivity index (χ1v) is 5.26. The fraction of sp³-hybridized carbons (Fsp3) is 0.154. The van der Waals surface area contributed by atoms with E-state index in [1.165, 1.54) is 5.56 Å². The standard InChI is InChI=1S/C13H15N3/c1-10-5-3-6-11(9-10)16-13-12(14-2)7-4-8-15-13/h3-9,14H,1-2H3,(H,15,16). The van der Waals surface area contributed by atoms with Crippen LogP contribution in [0.3, 0.4) is 0 Å². The van der Waals surface area contributed by atoms with E-state index in [2.05, 4.69) is 34.7 Å². The lowest BCUT2D eigenvalue weighted by Crippen LogP contribution is -1.99. The molecule has 3 heteroatoms. The molecule has 0 saturated carbocycles. The number of hydrogen-bond donors (Lipinski definition) is 2. The average Bonchev–Trinajstić information content (AvgIpc) is 2.30. The fourth-order valence-corrected chi connectivity index (χ4v) is 1.57. The second kappa shape index (κ2) is 4.66. The van der Waals surface area contributed by atoms with Crippen LogP contribution in [0.15, 0.2) is 42.6 Å². The Morgan fingerprint density at radius 2 is 2.00 bits per heavy atom. The van der Waals surface area contributed by atoms with Gasteiger partial charge >= 0.3 is 0 Å². The lowest BCUT2D eigenvalue weighted by atomic mass is 10.2. The van der Waals surface area contributed by atoms with Gasteiger partial charge in [0.2, 0.25) is 0 Å². The second-order valence-corrected chi connectivity index (χ2v) is 3.64. The van der Waals surface area contributed by atoms with Gasteiger partial charge in [0.15, 0.2) is 5.82 Å². The Bertz CT molecular complexity index is 480. The van der Waals surface area contributed by atoms with E-state index in [0.717, 1.165) is 17.2 Å². The molecule has 16 heavy (non-hydrogen) atoms. The minimum Gasteiger partial charge on any atom is -0.385 e. The number of aromatic nitrogens is 1. The predicted molar refractivity (Wildman–Crippen MR) is 68.2 cm³/mol. The third-order valence-corrected chi connectivity index (χ3v) is 2.36. The average molecular weight is 213 g/mol. The van der Waals surface area contributed by atoms with Crippen LogP contribution < -0.4 is 10.6 Å². The van der Waals surface area contributed by atoms with Gasteiger partial charge in [-0.15, -0.1) is 0 Å². The zero-order valence-electron chi connectivity index (χ0n) is 9.49. The van der Waals surface area contributed by atoms with Crippen LogP contribution in [-0.2, 0) is 0 Å². The first-order valence-electron chi connectivity index (χ1n) is 5.26. The summed E-state index contributed by atoms with van der Waals surface area (Å²) >= 11 is 0. The summed E-state index contributed by atoms with van der Waals surface area (Å²) in [5, 5.41) is 6.40. The highest BCUT2D eigenvalue weighted by molar-refractivity contribution is 5.70. The van der Waals surface area contributed by atoms with Gasteiger partial charge in [0.1, 0.15) is 0 Å². The summed E-state index contributed by atoms with van der Waals surface area (Å²) in [5.74, 6) is 0.843. The van der Waals surface area contributed by atoms with Crippen LogP contribution in [0.5, 0.6) is 0 Å². The van der Waals surface area contributed by atoms with E-state index in [-0.39, 0.29) is 0 Å². The molecule has 0 spiro atoms. The van der Waals surface area contributed by atoms with Crippen molar-refractivity contribution in [2.75, 3.05) is 17.7 Å². The maximum Gasteiger partial charge on any atom is 0.153 e. The number of pyridine rings is 1. The van der Waals surface area contributed by atoms with Gasteiger partial charge in [-0.3, -0.25) is 0 Å². The smallest absolute Gasteiger partial charge is 0.153 e. The van der Waals surface area contributed by atoms with Gasteiger partial charge in [0.25, 0.3) is 0 Å². The Morgan fingerprint density at radius 3 is 2.75 bits per heavy atom. The quantitative estimate of drug-likeness (QED) is 0.822. The highest BCUT2D eigenvalue weighted by Gasteiger charge is 2.01. The van der Waals surface area contributed by atoms with Crippen molar-refractivity contribution >= 4 is 17.2 Å². The molecule has 0 aliphatic heterocycles. The molecule has 1 heterocycles. The Labute approximate surface area is 95.5 Å². The number of benzene rings is 1. The summed E-state index contributed by atoms with van der Waals surface area (Å²) < 4.78 is 0. The lowest BCUT2D eigenvalue weighted by Gasteiger charge is -2.10. The fourth-order valence-electron chi connectivity index (χ4n) is 1.57. The van der Waals surface area contributed by atoms with Crippen LogP contribution in [-0.4, -0.2) is 12.0 Å². The number of nitrogens with one attached hydrogen (secondary N) is 2. The highest BCUT2D eigenvalue weighted by atomic mass is 15.0.